The smallest absolute Gasteiger partial charge is 0.344 e. The summed E-state index contributed by atoms with van der Waals surface area (Å²) in [6, 6.07) is 13.4. The molecule has 2 aromatic rings. The van der Waals surface area contributed by atoms with Crippen molar-refractivity contribution in [2.45, 2.75) is 56.4 Å². The molecule has 0 unspecified atom stereocenters. The van der Waals surface area contributed by atoms with Gasteiger partial charge in [0.2, 0.25) is 0 Å². The molecule has 0 bridgehead atoms. The molecule has 2 fully saturated rings. The molecule has 0 spiro atoms. The summed E-state index contributed by atoms with van der Waals surface area (Å²) >= 11 is 6.00. The number of benzene rings is 2. The SMILES string of the molecule is Cl.O=C(N[C@@H](c1ccccc1)[C@@H]1CC[C@H]2CCCCN21)c1cccc(C(F)(F)F)c1Cl. The van der Waals surface area contributed by atoms with Crippen LogP contribution in [0.2, 0.25) is 5.02 Å². The molecule has 0 radical (unpaired) electrons. The van der Waals surface area contributed by atoms with Crippen LogP contribution in [0.1, 0.15) is 59.6 Å². The van der Waals surface area contributed by atoms with Crippen molar-refractivity contribution in [3.63, 3.8) is 0 Å². The fourth-order valence-corrected chi connectivity index (χ4v) is 5.18. The molecule has 2 saturated heterocycles. The number of alkyl halides is 3. The van der Waals surface area contributed by atoms with Crippen LogP contribution in [0.4, 0.5) is 13.2 Å². The van der Waals surface area contributed by atoms with Crippen molar-refractivity contribution in [1.29, 1.82) is 0 Å². The minimum absolute atomic E-state index is 0. The molecular weight excluding hydrogens is 448 g/mol. The van der Waals surface area contributed by atoms with Gasteiger partial charge in [0, 0.05) is 12.1 Å². The minimum atomic E-state index is -4.61. The van der Waals surface area contributed by atoms with E-state index in [4.69, 9.17) is 11.6 Å². The molecule has 2 aliphatic rings. The molecule has 168 valence electrons. The van der Waals surface area contributed by atoms with E-state index < -0.39 is 22.7 Å². The van der Waals surface area contributed by atoms with Gasteiger partial charge in [0.05, 0.1) is 22.2 Å². The van der Waals surface area contributed by atoms with E-state index >= 15 is 0 Å². The number of rotatable bonds is 4. The molecule has 3 nitrogen and oxygen atoms in total. The number of carbonyl (C=O) groups is 1. The number of piperidine rings is 1. The Morgan fingerprint density at radius 2 is 1.77 bits per heavy atom. The van der Waals surface area contributed by atoms with Crippen LogP contribution in [0, 0.1) is 0 Å². The molecule has 1 amide bonds. The van der Waals surface area contributed by atoms with Gasteiger partial charge >= 0.3 is 6.18 Å². The largest absolute Gasteiger partial charge is 0.417 e. The fourth-order valence-electron chi connectivity index (χ4n) is 4.86. The summed E-state index contributed by atoms with van der Waals surface area (Å²) in [5, 5.41) is 2.45. The van der Waals surface area contributed by atoms with Gasteiger partial charge in [-0.25, -0.2) is 0 Å². The second-order valence-corrected chi connectivity index (χ2v) is 8.44. The van der Waals surface area contributed by atoms with E-state index in [0.29, 0.717) is 6.04 Å². The third kappa shape index (κ3) is 5.02. The normalized spacial score (nSPS) is 22.3. The highest BCUT2D eigenvalue weighted by Crippen LogP contribution is 2.39. The van der Waals surface area contributed by atoms with Crippen molar-refractivity contribution in [3.05, 3.63) is 70.2 Å². The van der Waals surface area contributed by atoms with E-state index in [9.17, 15) is 18.0 Å². The Morgan fingerprint density at radius 3 is 2.48 bits per heavy atom. The molecular formula is C23H25Cl2F3N2O. The zero-order valence-electron chi connectivity index (χ0n) is 16.9. The highest BCUT2D eigenvalue weighted by Gasteiger charge is 2.41. The molecule has 31 heavy (non-hydrogen) atoms. The van der Waals surface area contributed by atoms with Crippen LogP contribution in [-0.4, -0.2) is 29.4 Å². The maximum atomic E-state index is 13.2. The fraction of sp³-hybridized carbons (Fsp3) is 0.435. The number of hydrogen-bond acceptors (Lipinski definition) is 2. The Kier molecular flexibility index (Phi) is 7.55. The van der Waals surface area contributed by atoms with E-state index in [1.54, 1.807) is 0 Å². The molecule has 0 saturated carbocycles. The van der Waals surface area contributed by atoms with Gasteiger partial charge in [-0.3, -0.25) is 9.69 Å². The standard InChI is InChI=1S/C23H24ClF3N2O.ClH/c24-20-17(10-6-11-18(20)23(25,26)27)22(30)28-21(15-7-2-1-3-8-15)19-13-12-16-9-4-5-14-29(16)19;/h1-3,6-8,10-11,16,19,21H,4-5,9,12-14H2,(H,28,30);1H/t16-,19+,21+;/m1./s1. The van der Waals surface area contributed by atoms with Crippen LogP contribution in [0.25, 0.3) is 0 Å². The highest BCUT2D eigenvalue weighted by molar-refractivity contribution is 6.34. The third-order valence-corrected chi connectivity index (χ3v) is 6.68. The lowest BCUT2D eigenvalue weighted by molar-refractivity contribution is -0.137. The van der Waals surface area contributed by atoms with Crippen LogP contribution in [-0.2, 0) is 6.18 Å². The number of hydrogen-bond donors (Lipinski definition) is 1. The molecule has 0 aliphatic carbocycles. The van der Waals surface area contributed by atoms with Crippen molar-refractivity contribution in [2.24, 2.45) is 0 Å². The first-order chi connectivity index (χ1) is 14.4. The van der Waals surface area contributed by atoms with E-state index in [0.717, 1.165) is 43.9 Å². The van der Waals surface area contributed by atoms with Gasteiger partial charge in [-0.2, -0.15) is 13.2 Å². The molecule has 2 aliphatic heterocycles. The lowest BCUT2D eigenvalue weighted by atomic mass is 9.96. The predicted molar refractivity (Wildman–Crippen MR) is 118 cm³/mol. The molecule has 2 aromatic carbocycles. The summed E-state index contributed by atoms with van der Waals surface area (Å²) < 4.78 is 39.7. The zero-order chi connectivity index (χ0) is 21.3. The van der Waals surface area contributed by atoms with Crippen molar-refractivity contribution < 1.29 is 18.0 Å². The lowest BCUT2D eigenvalue weighted by Gasteiger charge is -2.38. The first kappa shape index (κ1) is 23.9. The van der Waals surface area contributed by atoms with E-state index in [-0.39, 0.29) is 30.1 Å². The third-order valence-electron chi connectivity index (χ3n) is 6.27. The Hall–Kier alpha value is -1.76. The van der Waals surface area contributed by atoms with Crippen LogP contribution in [0.15, 0.2) is 48.5 Å². The first-order valence-corrected chi connectivity index (χ1v) is 10.7. The van der Waals surface area contributed by atoms with Gasteiger partial charge in [-0.1, -0.05) is 54.4 Å². The van der Waals surface area contributed by atoms with Crippen molar-refractivity contribution >= 4 is 29.9 Å². The molecule has 2 heterocycles. The second-order valence-electron chi connectivity index (χ2n) is 8.06. The zero-order valence-corrected chi connectivity index (χ0v) is 18.4. The molecule has 1 N–H and O–H groups in total. The predicted octanol–water partition coefficient (Wildman–Crippen LogP) is 6.27. The van der Waals surface area contributed by atoms with E-state index in [1.165, 1.54) is 18.6 Å². The quantitative estimate of drug-likeness (QED) is 0.568. The van der Waals surface area contributed by atoms with Gasteiger partial charge < -0.3 is 5.32 Å². The number of halogens is 5. The van der Waals surface area contributed by atoms with Gasteiger partial charge in [0.15, 0.2) is 0 Å². The number of nitrogens with zero attached hydrogens (tertiary/aromatic N) is 1. The molecule has 4 rings (SSSR count). The average molecular weight is 473 g/mol. The summed E-state index contributed by atoms with van der Waals surface area (Å²) in [6.45, 7) is 0.985. The number of carbonyl (C=O) groups excluding carboxylic acids is 1. The van der Waals surface area contributed by atoms with Gasteiger partial charge in [-0.05, 0) is 49.9 Å². The lowest BCUT2D eigenvalue weighted by Crippen LogP contribution is -2.47. The van der Waals surface area contributed by atoms with E-state index in [2.05, 4.69) is 10.2 Å². The molecule has 0 aromatic heterocycles. The topological polar surface area (TPSA) is 32.3 Å². The average Bonchev–Trinajstić information content (AvgIpc) is 3.15. The van der Waals surface area contributed by atoms with Crippen LogP contribution in [0.3, 0.4) is 0 Å². The summed E-state index contributed by atoms with van der Waals surface area (Å²) in [6.07, 6.45) is 0.914. The summed E-state index contributed by atoms with van der Waals surface area (Å²) in [5.41, 5.74) is -0.198. The first-order valence-electron chi connectivity index (χ1n) is 10.3. The highest BCUT2D eigenvalue weighted by atomic mass is 35.5. The van der Waals surface area contributed by atoms with Crippen LogP contribution < -0.4 is 5.32 Å². The maximum Gasteiger partial charge on any atom is 0.417 e. The number of fused-ring (bicyclic) bond motifs is 1. The Balaban J connectivity index is 0.00000272. The number of nitrogens with one attached hydrogen (secondary N) is 1. The van der Waals surface area contributed by atoms with Crippen LogP contribution >= 0.6 is 24.0 Å². The summed E-state index contributed by atoms with van der Waals surface area (Å²) in [4.78, 5) is 15.5. The van der Waals surface area contributed by atoms with Crippen LogP contribution in [0.5, 0.6) is 0 Å². The molecule has 8 heteroatoms. The van der Waals surface area contributed by atoms with Gasteiger partial charge in [-0.15, -0.1) is 12.4 Å². The van der Waals surface area contributed by atoms with Crippen molar-refractivity contribution in [1.82, 2.24) is 10.2 Å². The summed E-state index contributed by atoms with van der Waals surface area (Å²) in [7, 11) is 0. The maximum absolute atomic E-state index is 13.2. The van der Waals surface area contributed by atoms with Crippen molar-refractivity contribution in [2.75, 3.05) is 6.54 Å². The Labute approximate surface area is 191 Å². The van der Waals surface area contributed by atoms with Crippen molar-refractivity contribution in [3.8, 4) is 0 Å². The van der Waals surface area contributed by atoms with E-state index in [1.807, 2.05) is 30.3 Å². The second kappa shape index (κ2) is 9.80. The van der Waals surface area contributed by atoms with Gasteiger partial charge in [0.1, 0.15) is 0 Å². The van der Waals surface area contributed by atoms with Gasteiger partial charge in [0.25, 0.3) is 5.91 Å². The summed E-state index contributed by atoms with van der Waals surface area (Å²) in [5.74, 6) is -0.583. The molecule has 3 atom stereocenters. The number of amides is 1. The Morgan fingerprint density at radius 1 is 1.03 bits per heavy atom. The Bertz CT molecular complexity index is 907. The monoisotopic (exact) mass is 472 g/mol. The minimum Gasteiger partial charge on any atom is -0.344 e.